The summed E-state index contributed by atoms with van der Waals surface area (Å²) in [6.07, 6.45) is 0. The first-order chi connectivity index (χ1) is 9.88. The molecule has 0 aliphatic heterocycles. The highest BCUT2D eigenvalue weighted by molar-refractivity contribution is 14.1. The minimum absolute atomic E-state index is 0.144. The number of halogens is 3. The molecule has 0 atom stereocenters. The van der Waals surface area contributed by atoms with E-state index in [0.717, 1.165) is 3.57 Å². The van der Waals surface area contributed by atoms with E-state index in [0.29, 0.717) is 15.2 Å². The summed E-state index contributed by atoms with van der Waals surface area (Å²) in [7, 11) is 0. The molecule has 0 fully saturated rings. The van der Waals surface area contributed by atoms with Gasteiger partial charge in [-0.1, -0.05) is 11.6 Å². The third-order valence-electron chi connectivity index (χ3n) is 2.58. The molecular weight excluding hydrogens is 474 g/mol. The van der Waals surface area contributed by atoms with Crippen LogP contribution in [-0.2, 0) is 0 Å². The third kappa shape index (κ3) is 3.92. The molecule has 0 spiro atoms. The van der Waals surface area contributed by atoms with Crippen molar-refractivity contribution >= 4 is 67.4 Å². The van der Waals surface area contributed by atoms with Gasteiger partial charge < -0.3 is 5.32 Å². The average Bonchev–Trinajstić information content (AvgIpc) is 2.42. The fourth-order valence-corrected chi connectivity index (χ4v) is 3.01. The first-order valence-electron chi connectivity index (χ1n) is 5.59. The number of rotatable bonds is 3. The topological polar surface area (TPSA) is 72.2 Å². The number of nitro groups is 1. The fourth-order valence-electron chi connectivity index (χ4n) is 1.58. The Bertz CT molecular complexity index is 739. The molecule has 108 valence electrons. The van der Waals surface area contributed by atoms with E-state index in [1.54, 1.807) is 18.2 Å². The van der Waals surface area contributed by atoms with E-state index in [2.05, 4.69) is 21.2 Å². The maximum Gasteiger partial charge on any atom is 0.270 e. The van der Waals surface area contributed by atoms with E-state index in [4.69, 9.17) is 11.6 Å². The Labute approximate surface area is 147 Å². The zero-order valence-corrected chi connectivity index (χ0v) is 14.8. The largest absolute Gasteiger partial charge is 0.321 e. The minimum Gasteiger partial charge on any atom is -0.321 e. The number of hydrogen-bond donors (Lipinski definition) is 1. The number of nitrogens with one attached hydrogen (secondary N) is 1. The van der Waals surface area contributed by atoms with Crippen LogP contribution in [0, 0.1) is 13.7 Å². The SMILES string of the molecule is O=C(Nc1ccc(Cl)cc1I)c1cc([N+](=O)[O-])ccc1Br. The van der Waals surface area contributed by atoms with Gasteiger partial charge >= 0.3 is 0 Å². The van der Waals surface area contributed by atoms with Gasteiger partial charge in [-0.05, 0) is 62.8 Å². The third-order valence-corrected chi connectivity index (χ3v) is 4.40. The van der Waals surface area contributed by atoms with Crippen LogP contribution in [-0.4, -0.2) is 10.8 Å². The molecule has 0 aliphatic rings. The second-order valence-corrected chi connectivity index (χ2v) is 6.45. The number of nitro benzene ring substituents is 1. The highest BCUT2D eigenvalue weighted by atomic mass is 127. The fraction of sp³-hybridized carbons (Fsp3) is 0. The predicted molar refractivity (Wildman–Crippen MR) is 92.9 cm³/mol. The van der Waals surface area contributed by atoms with E-state index >= 15 is 0 Å². The smallest absolute Gasteiger partial charge is 0.270 e. The molecular formula is C13H7BrClIN2O3. The molecule has 2 aromatic rings. The second-order valence-electron chi connectivity index (χ2n) is 4.00. The Morgan fingerprint density at radius 1 is 1.29 bits per heavy atom. The van der Waals surface area contributed by atoms with Crippen molar-refractivity contribution in [1.82, 2.24) is 0 Å². The second kappa shape index (κ2) is 6.71. The quantitative estimate of drug-likeness (QED) is 0.386. The van der Waals surface area contributed by atoms with Gasteiger partial charge in [0.1, 0.15) is 0 Å². The van der Waals surface area contributed by atoms with Crippen LogP contribution in [0.3, 0.4) is 0 Å². The molecule has 2 aromatic carbocycles. The van der Waals surface area contributed by atoms with Crippen LogP contribution in [0.4, 0.5) is 11.4 Å². The molecule has 1 amide bonds. The summed E-state index contributed by atoms with van der Waals surface area (Å²) >= 11 is 11.1. The van der Waals surface area contributed by atoms with Crippen LogP contribution in [0.15, 0.2) is 40.9 Å². The molecule has 0 aromatic heterocycles. The van der Waals surface area contributed by atoms with Crippen LogP contribution < -0.4 is 5.32 Å². The number of carbonyl (C=O) groups excluding carboxylic acids is 1. The number of hydrogen-bond acceptors (Lipinski definition) is 3. The molecule has 21 heavy (non-hydrogen) atoms. The molecule has 0 bridgehead atoms. The van der Waals surface area contributed by atoms with E-state index in [1.165, 1.54) is 18.2 Å². The Kier molecular flexibility index (Phi) is 5.17. The summed E-state index contributed by atoms with van der Waals surface area (Å²) in [5.74, 6) is -0.439. The lowest BCUT2D eigenvalue weighted by molar-refractivity contribution is -0.384. The van der Waals surface area contributed by atoms with E-state index in [9.17, 15) is 14.9 Å². The van der Waals surface area contributed by atoms with Gasteiger partial charge in [0, 0.05) is 25.2 Å². The molecule has 8 heteroatoms. The Balaban J connectivity index is 2.32. The highest BCUT2D eigenvalue weighted by Gasteiger charge is 2.16. The Morgan fingerprint density at radius 2 is 2.00 bits per heavy atom. The molecule has 0 saturated carbocycles. The van der Waals surface area contributed by atoms with Gasteiger partial charge in [-0.25, -0.2) is 0 Å². The molecule has 2 rings (SSSR count). The molecule has 1 N–H and O–H groups in total. The van der Waals surface area contributed by atoms with Crippen LogP contribution >= 0.6 is 50.1 Å². The van der Waals surface area contributed by atoms with Gasteiger partial charge in [0.25, 0.3) is 11.6 Å². The maximum absolute atomic E-state index is 12.2. The van der Waals surface area contributed by atoms with Crippen molar-refractivity contribution in [2.45, 2.75) is 0 Å². The van der Waals surface area contributed by atoms with Crippen molar-refractivity contribution in [2.24, 2.45) is 0 Å². The van der Waals surface area contributed by atoms with Gasteiger partial charge in [-0.3, -0.25) is 14.9 Å². The number of nitrogens with zero attached hydrogens (tertiary/aromatic N) is 1. The zero-order valence-electron chi connectivity index (χ0n) is 10.3. The van der Waals surface area contributed by atoms with E-state index in [1.807, 2.05) is 22.6 Å². The molecule has 0 heterocycles. The average molecular weight is 481 g/mol. The van der Waals surface area contributed by atoms with Gasteiger partial charge in [-0.15, -0.1) is 0 Å². The Hall–Kier alpha value is -1.19. The molecule has 0 aliphatic carbocycles. The van der Waals surface area contributed by atoms with Crippen LogP contribution in [0.25, 0.3) is 0 Å². The molecule has 0 saturated heterocycles. The van der Waals surface area contributed by atoms with Crippen LogP contribution in [0.1, 0.15) is 10.4 Å². The summed E-state index contributed by atoms with van der Waals surface area (Å²) in [6.45, 7) is 0. The number of non-ortho nitro benzene ring substituents is 1. The lowest BCUT2D eigenvalue weighted by atomic mass is 10.2. The molecule has 0 unspecified atom stereocenters. The van der Waals surface area contributed by atoms with Crippen molar-refractivity contribution in [1.29, 1.82) is 0 Å². The molecule has 0 radical (unpaired) electrons. The van der Waals surface area contributed by atoms with Crippen molar-refractivity contribution in [3.63, 3.8) is 0 Å². The van der Waals surface area contributed by atoms with Gasteiger partial charge in [-0.2, -0.15) is 0 Å². The minimum atomic E-state index is -0.546. The number of carbonyl (C=O) groups is 1. The lowest BCUT2D eigenvalue weighted by Gasteiger charge is -2.09. The van der Waals surface area contributed by atoms with E-state index < -0.39 is 10.8 Å². The van der Waals surface area contributed by atoms with Gasteiger partial charge in [0.2, 0.25) is 0 Å². The Morgan fingerprint density at radius 3 is 2.62 bits per heavy atom. The lowest BCUT2D eigenvalue weighted by Crippen LogP contribution is -2.13. The maximum atomic E-state index is 12.2. The van der Waals surface area contributed by atoms with Crippen LogP contribution in [0.2, 0.25) is 5.02 Å². The first kappa shape index (κ1) is 16.2. The van der Waals surface area contributed by atoms with Crippen LogP contribution in [0.5, 0.6) is 0 Å². The predicted octanol–water partition coefficient (Wildman–Crippen LogP) is 4.87. The van der Waals surface area contributed by atoms with Crippen molar-refractivity contribution in [2.75, 3.05) is 5.32 Å². The first-order valence-corrected chi connectivity index (χ1v) is 7.84. The summed E-state index contributed by atoms with van der Waals surface area (Å²) in [4.78, 5) is 22.5. The van der Waals surface area contributed by atoms with Gasteiger partial charge in [0.15, 0.2) is 0 Å². The van der Waals surface area contributed by atoms with Crippen molar-refractivity contribution in [3.8, 4) is 0 Å². The number of benzene rings is 2. The van der Waals surface area contributed by atoms with Crippen molar-refractivity contribution in [3.05, 3.63) is 65.1 Å². The normalized spacial score (nSPS) is 10.2. The van der Waals surface area contributed by atoms with Crippen molar-refractivity contribution < 1.29 is 9.72 Å². The highest BCUT2D eigenvalue weighted by Crippen LogP contribution is 2.26. The number of anilines is 1. The zero-order chi connectivity index (χ0) is 15.6. The number of amides is 1. The summed E-state index contributed by atoms with van der Waals surface area (Å²) in [6, 6.07) is 9.06. The summed E-state index contributed by atoms with van der Waals surface area (Å²) in [5.41, 5.74) is 0.632. The van der Waals surface area contributed by atoms with E-state index in [-0.39, 0.29) is 11.3 Å². The summed E-state index contributed by atoms with van der Waals surface area (Å²) < 4.78 is 1.25. The standard InChI is InChI=1S/C13H7BrClIN2O3/c14-10-3-2-8(18(20)21)6-9(10)13(19)17-12-4-1-7(15)5-11(12)16/h1-6H,(H,17,19). The monoisotopic (exact) mass is 480 g/mol. The molecule has 5 nitrogen and oxygen atoms in total. The van der Waals surface area contributed by atoms with Gasteiger partial charge in [0.05, 0.1) is 16.2 Å². The summed E-state index contributed by atoms with van der Waals surface area (Å²) in [5, 5.41) is 14.0.